The first-order valence-electron chi connectivity index (χ1n) is 11.5. The van der Waals surface area contributed by atoms with Crippen LogP contribution in [0.25, 0.3) is 11.1 Å². The Morgan fingerprint density at radius 2 is 1.84 bits per heavy atom. The van der Waals surface area contributed by atoms with Gasteiger partial charge in [-0.05, 0) is 94.7 Å². The third-order valence-electron chi connectivity index (χ3n) is 6.42. The number of carbonyl (C=O) groups is 1. The molecule has 0 atom stereocenters. The van der Waals surface area contributed by atoms with Crippen LogP contribution in [0.15, 0.2) is 36.5 Å². The molecule has 6 nitrogen and oxygen atoms in total. The van der Waals surface area contributed by atoms with E-state index in [9.17, 15) is 9.90 Å². The highest BCUT2D eigenvalue weighted by Gasteiger charge is 2.30. The second-order valence-electron chi connectivity index (χ2n) is 9.88. The molecule has 0 unspecified atom stereocenters. The highest BCUT2D eigenvalue weighted by molar-refractivity contribution is 5.66. The Hall–Kier alpha value is -2.60. The van der Waals surface area contributed by atoms with Gasteiger partial charge in [0.2, 0.25) is 0 Å². The highest BCUT2D eigenvalue weighted by Crippen LogP contribution is 2.30. The summed E-state index contributed by atoms with van der Waals surface area (Å²) in [7, 11) is 1.71. The van der Waals surface area contributed by atoms with Crippen LogP contribution < -0.4 is 10.1 Å². The van der Waals surface area contributed by atoms with Gasteiger partial charge in [0.25, 0.3) is 0 Å². The molecule has 1 heterocycles. The molecule has 2 aromatic rings. The average molecular weight is 440 g/mol. The van der Waals surface area contributed by atoms with Gasteiger partial charge in [-0.1, -0.05) is 6.07 Å². The minimum Gasteiger partial charge on any atom is -0.496 e. The summed E-state index contributed by atoms with van der Waals surface area (Å²) in [5.41, 5.74) is 4.10. The number of pyridine rings is 1. The lowest BCUT2D eigenvalue weighted by molar-refractivity contribution is 0.0812. The van der Waals surface area contributed by atoms with E-state index in [1.165, 1.54) is 0 Å². The molecule has 1 aromatic heterocycles. The Morgan fingerprint density at radius 3 is 2.44 bits per heavy atom. The lowest BCUT2D eigenvalue weighted by atomic mass is 9.85. The van der Waals surface area contributed by atoms with Gasteiger partial charge in [0.1, 0.15) is 5.75 Å². The summed E-state index contributed by atoms with van der Waals surface area (Å²) in [6.45, 7) is 9.25. The summed E-state index contributed by atoms with van der Waals surface area (Å²) < 4.78 is 5.60. The maximum atomic E-state index is 11.7. The van der Waals surface area contributed by atoms with Gasteiger partial charge in [0.15, 0.2) is 0 Å². The quantitative estimate of drug-likeness (QED) is 0.596. The minimum atomic E-state index is -0.825. The van der Waals surface area contributed by atoms with Crippen molar-refractivity contribution >= 4 is 6.09 Å². The van der Waals surface area contributed by atoms with E-state index < -0.39 is 6.09 Å². The second kappa shape index (κ2) is 10.3. The first-order chi connectivity index (χ1) is 15.2. The van der Waals surface area contributed by atoms with Crippen LogP contribution in [-0.2, 0) is 6.54 Å². The van der Waals surface area contributed by atoms with Crippen molar-refractivity contribution in [2.75, 3.05) is 13.7 Å². The molecule has 0 aliphatic heterocycles. The molecule has 174 valence electrons. The van der Waals surface area contributed by atoms with E-state index in [-0.39, 0.29) is 5.54 Å². The number of aromatic nitrogens is 1. The van der Waals surface area contributed by atoms with Gasteiger partial charge < -0.3 is 20.1 Å². The van der Waals surface area contributed by atoms with E-state index >= 15 is 0 Å². The lowest BCUT2D eigenvalue weighted by Crippen LogP contribution is -2.48. The predicted molar refractivity (Wildman–Crippen MR) is 128 cm³/mol. The Bertz CT molecular complexity index is 915. The molecule has 1 aromatic carbocycles. The Kier molecular flexibility index (Phi) is 7.77. The summed E-state index contributed by atoms with van der Waals surface area (Å²) >= 11 is 0. The summed E-state index contributed by atoms with van der Waals surface area (Å²) in [4.78, 5) is 17.5. The first-order valence-corrected chi connectivity index (χ1v) is 11.5. The fraction of sp³-hybridized carbons (Fsp3) is 0.538. The van der Waals surface area contributed by atoms with Crippen molar-refractivity contribution in [2.24, 2.45) is 5.92 Å². The SMILES string of the molecule is COc1ccc(-c2ccnc(C)c2)cc1CNC1CCC(CN(C(=O)O)C(C)(C)C)CC1. The fourth-order valence-electron chi connectivity index (χ4n) is 4.52. The van der Waals surface area contributed by atoms with Crippen molar-refractivity contribution < 1.29 is 14.6 Å². The molecular formula is C26H37N3O3. The van der Waals surface area contributed by atoms with E-state index in [1.54, 1.807) is 12.0 Å². The zero-order valence-electron chi connectivity index (χ0n) is 20.0. The number of ether oxygens (including phenoxy) is 1. The van der Waals surface area contributed by atoms with E-state index in [0.717, 1.165) is 60.4 Å². The van der Waals surface area contributed by atoms with Crippen molar-refractivity contribution in [2.45, 2.75) is 71.5 Å². The molecule has 3 rings (SSSR count). The molecule has 0 spiro atoms. The van der Waals surface area contributed by atoms with Gasteiger partial charge in [0, 0.05) is 42.1 Å². The number of rotatable bonds is 7. The van der Waals surface area contributed by atoms with Crippen molar-refractivity contribution in [1.82, 2.24) is 15.2 Å². The van der Waals surface area contributed by atoms with Crippen LogP contribution in [0.1, 0.15) is 57.7 Å². The largest absolute Gasteiger partial charge is 0.496 e. The number of carboxylic acid groups (broad SMARTS) is 1. The fourth-order valence-corrected chi connectivity index (χ4v) is 4.52. The molecule has 0 bridgehead atoms. The topological polar surface area (TPSA) is 74.7 Å². The first kappa shape index (κ1) is 24.1. The van der Waals surface area contributed by atoms with Crippen molar-refractivity contribution in [3.63, 3.8) is 0 Å². The van der Waals surface area contributed by atoms with Gasteiger partial charge >= 0.3 is 6.09 Å². The number of nitrogens with zero attached hydrogens (tertiary/aromatic N) is 2. The van der Waals surface area contributed by atoms with Crippen LogP contribution in [0, 0.1) is 12.8 Å². The van der Waals surface area contributed by atoms with E-state index in [1.807, 2.05) is 46.0 Å². The van der Waals surface area contributed by atoms with Crippen LogP contribution in [0.3, 0.4) is 0 Å². The molecule has 0 saturated heterocycles. The standard InChI is InChI=1S/C26H37N3O3/c1-18-14-21(12-13-27-18)20-8-11-24(32-5)22(15-20)16-28-23-9-6-19(7-10-23)17-29(25(30)31)26(2,3)4/h8,11-15,19,23,28H,6-7,9-10,16-17H2,1-5H3,(H,30,31). The van der Waals surface area contributed by atoms with Crippen LogP contribution in [0.2, 0.25) is 0 Å². The molecule has 6 heteroatoms. The molecule has 32 heavy (non-hydrogen) atoms. The van der Waals surface area contributed by atoms with Crippen LogP contribution in [-0.4, -0.2) is 46.3 Å². The van der Waals surface area contributed by atoms with Crippen molar-refractivity contribution in [1.29, 1.82) is 0 Å². The van der Waals surface area contributed by atoms with Crippen molar-refractivity contribution in [3.8, 4) is 16.9 Å². The maximum absolute atomic E-state index is 11.7. The van der Waals surface area contributed by atoms with Crippen LogP contribution in [0.4, 0.5) is 4.79 Å². The summed E-state index contributed by atoms with van der Waals surface area (Å²) in [6.07, 6.45) is 5.24. The minimum absolute atomic E-state index is 0.365. The predicted octanol–water partition coefficient (Wildman–Crippen LogP) is 5.49. The lowest BCUT2D eigenvalue weighted by Gasteiger charge is -2.38. The van der Waals surface area contributed by atoms with Gasteiger partial charge in [-0.2, -0.15) is 0 Å². The highest BCUT2D eigenvalue weighted by atomic mass is 16.5. The van der Waals surface area contributed by atoms with E-state index in [2.05, 4.69) is 28.5 Å². The van der Waals surface area contributed by atoms with Crippen molar-refractivity contribution in [3.05, 3.63) is 47.8 Å². The normalized spacial score (nSPS) is 18.9. The molecule has 0 radical (unpaired) electrons. The third kappa shape index (κ3) is 6.22. The summed E-state index contributed by atoms with van der Waals surface area (Å²) in [5.74, 6) is 1.32. The molecular weight excluding hydrogens is 402 g/mol. The zero-order chi connectivity index (χ0) is 23.3. The number of benzene rings is 1. The summed E-state index contributed by atoms with van der Waals surface area (Å²) in [6, 6.07) is 10.9. The molecule has 1 saturated carbocycles. The molecule has 1 aliphatic carbocycles. The van der Waals surface area contributed by atoms with E-state index in [0.29, 0.717) is 18.5 Å². The number of amides is 1. The molecule has 1 aliphatic rings. The van der Waals surface area contributed by atoms with Crippen LogP contribution >= 0.6 is 0 Å². The number of nitrogens with one attached hydrogen (secondary N) is 1. The maximum Gasteiger partial charge on any atom is 0.407 e. The van der Waals surface area contributed by atoms with Gasteiger partial charge in [0.05, 0.1) is 7.11 Å². The number of methoxy groups -OCH3 is 1. The monoisotopic (exact) mass is 439 g/mol. The van der Waals surface area contributed by atoms with Gasteiger partial charge in [-0.25, -0.2) is 4.79 Å². The molecule has 2 N–H and O–H groups in total. The van der Waals surface area contributed by atoms with Crippen LogP contribution in [0.5, 0.6) is 5.75 Å². The zero-order valence-corrected chi connectivity index (χ0v) is 20.0. The third-order valence-corrected chi connectivity index (χ3v) is 6.42. The number of hydrogen-bond acceptors (Lipinski definition) is 4. The Labute approximate surface area is 192 Å². The smallest absolute Gasteiger partial charge is 0.407 e. The number of hydrogen-bond donors (Lipinski definition) is 2. The van der Waals surface area contributed by atoms with Gasteiger partial charge in [-0.3, -0.25) is 4.98 Å². The van der Waals surface area contributed by atoms with Gasteiger partial charge in [-0.15, -0.1) is 0 Å². The Balaban J connectivity index is 1.58. The second-order valence-corrected chi connectivity index (χ2v) is 9.88. The Morgan fingerprint density at radius 1 is 1.16 bits per heavy atom. The average Bonchev–Trinajstić information content (AvgIpc) is 2.75. The molecule has 1 fully saturated rings. The molecule has 1 amide bonds. The number of aryl methyl sites for hydroxylation is 1. The summed E-state index contributed by atoms with van der Waals surface area (Å²) in [5, 5.41) is 13.3. The van der Waals surface area contributed by atoms with E-state index in [4.69, 9.17) is 4.74 Å².